The number of nitrogens with one attached hydrogen (secondary N) is 1. The molecule has 1 rings (SSSR count). The number of methoxy groups -OCH3 is 1. The van der Waals surface area contributed by atoms with Crippen LogP contribution in [0.4, 0.5) is 0 Å². The number of hydrogen-bond donors (Lipinski definition) is 1. The Balaban J connectivity index is 2.64. The summed E-state index contributed by atoms with van der Waals surface area (Å²) in [5.41, 5.74) is 0. The maximum atomic E-state index is 5.29. The van der Waals surface area contributed by atoms with E-state index < -0.39 is 0 Å². The van der Waals surface area contributed by atoms with Gasteiger partial charge in [-0.15, -0.1) is 0 Å². The standard InChI is InChI=1S/C17H36N4O/c1-7-18-17(21-9-8-15(12-21)13-22-6)19-11-16(20(4)5)10-14(2)3/h14-16H,7-13H2,1-6H3,(H,18,19). The van der Waals surface area contributed by atoms with Crippen molar-refractivity contribution in [2.45, 2.75) is 39.7 Å². The van der Waals surface area contributed by atoms with Crippen LogP contribution < -0.4 is 5.32 Å². The number of hydrogen-bond acceptors (Lipinski definition) is 3. The van der Waals surface area contributed by atoms with E-state index in [4.69, 9.17) is 9.73 Å². The lowest BCUT2D eigenvalue weighted by Gasteiger charge is -2.26. The Labute approximate surface area is 137 Å². The highest BCUT2D eigenvalue weighted by molar-refractivity contribution is 5.80. The second kappa shape index (κ2) is 10.1. The van der Waals surface area contributed by atoms with E-state index in [-0.39, 0.29) is 0 Å². The van der Waals surface area contributed by atoms with Crippen LogP contribution in [0.5, 0.6) is 0 Å². The number of ether oxygens (including phenoxy) is 1. The number of likely N-dealkylation sites (N-methyl/N-ethyl adjacent to an activating group) is 1. The van der Waals surface area contributed by atoms with Gasteiger partial charge in [-0.25, -0.2) is 0 Å². The van der Waals surface area contributed by atoms with E-state index in [1.165, 1.54) is 12.8 Å². The topological polar surface area (TPSA) is 40.1 Å². The van der Waals surface area contributed by atoms with Gasteiger partial charge in [0, 0.05) is 38.7 Å². The van der Waals surface area contributed by atoms with Crippen LogP contribution in [-0.4, -0.2) is 75.8 Å². The molecule has 0 aromatic carbocycles. The third-order valence-electron chi connectivity index (χ3n) is 4.25. The molecule has 1 fully saturated rings. The van der Waals surface area contributed by atoms with E-state index in [1.54, 1.807) is 7.11 Å². The smallest absolute Gasteiger partial charge is 0.193 e. The highest BCUT2D eigenvalue weighted by Crippen LogP contribution is 2.17. The summed E-state index contributed by atoms with van der Waals surface area (Å²) in [6.45, 7) is 11.5. The third-order valence-corrected chi connectivity index (χ3v) is 4.25. The van der Waals surface area contributed by atoms with Gasteiger partial charge in [0.2, 0.25) is 0 Å². The molecule has 0 amide bonds. The molecule has 1 saturated heterocycles. The minimum atomic E-state index is 0.506. The van der Waals surface area contributed by atoms with E-state index in [2.05, 4.69) is 50.0 Å². The number of guanidine groups is 1. The summed E-state index contributed by atoms with van der Waals surface area (Å²) in [5, 5.41) is 3.45. The molecule has 1 heterocycles. The van der Waals surface area contributed by atoms with Crippen molar-refractivity contribution in [1.29, 1.82) is 0 Å². The van der Waals surface area contributed by atoms with E-state index in [9.17, 15) is 0 Å². The SMILES string of the molecule is CCNC(=NCC(CC(C)C)N(C)C)N1CCC(COC)C1. The van der Waals surface area contributed by atoms with Crippen molar-refractivity contribution in [2.24, 2.45) is 16.8 Å². The lowest BCUT2D eigenvalue weighted by molar-refractivity contribution is 0.157. The molecule has 130 valence electrons. The van der Waals surface area contributed by atoms with Gasteiger partial charge in [-0.3, -0.25) is 4.99 Å². The van der Waals surface area contributed by atoms with Crippen LogP contribution >= 0.6 is 0 Å². The van der Waals surface area contributed by atoms with Gasteiger partial charge in [0.05, 0.1) is 13.2 Å². The molecule has 22 heavy (non-hydrogen) atoms. The Morgan fingerprint density at radius 2 is 2.14 bits per heavy atom. The van der Waals surface area contributed by atoms with E-state index in [0.29, 0.717) is 17.9 Å². The molecule has 0 radical (unpaired) electrons. The molecular weight excluding hydrogens is 276 g/mol. The Bertz CT molecular complexity index is 331. The first-order valence-corrected chi connectivity index (χ1v) is 8.66. The highest BCUT2D eigenvalue weighted by Gasteiger charge is 2.25. The summed E-state index contributed by atoms with van der Waals surface area (Å²) < 4.78 is 5.29. The summed E-state index contributed by atoms with van der Waals surface area (Å²) in [6, 6.07) is 0.506. The zero-order valence-corrected chi connectivity index (χ0v) is 15.4. The Hall–Kier alpha value is -0.810. The Kier molecular flexibility index (Phi) is 8.79. The van der Waals surface area contributed by atoms with Crippen LogP contribution in [0.2, 0.25) is 0 Å². The van der Waals surface area contributed by atoms with Crippen molar-refractivity contribution in [3.05, 3.63) is 0 Å². The monoisotopic (exact) mass is 312 g/mol. The molecule has 0 aromatic rings. The fraction of sp³-hybridized carbons (Fsp3) is 0.941. The van der Waals surface area contributed by atoms with Crippen molar-refractivity contribution in [3.8, 4) is 0 Å². The molecule has 2 unspecified atom stereocenters. The van der Waals surface area contributed by atoms with Crippen molar-refractivity contribution in [1.82, 2.24) is 15.1 Å². The van der Waals surface area contributed by atoms with Crippen LogP contribution in [0.3, 0.4) is 0 Å². The number of rotatable bonds is 8. The average molecular weight is 313 g/mol. The number of likely N-dealkylation sites (tertiary alicyclic amines) is 1. The minimum absolute atomic E-state index is 0.506. The molecule has 5 nitrogen and oxygen atoms in total. The van der Waals surface area contributed by atoms with Gasteiger partial charge in [0.1, 0.15) is 0 Å². The first-order valence-electron chi connectivity index (χ1n) is 8.66. The zero-order chi connectivity index (χ0) is 16.5. The summed E-state index contributed by atoms with van der Waals surface area (Å²) in [5.74, 6) is 2.40. The van der Waals surface area contributed by atoms with Crippen LogP contribution in [0.25, 0.3) is 0 Å². The number of nitrogens with zero attached hydrogens (tertiary/aromatic N) is 3. The molecule has 1 aliphatic heterocycles. The first kappa shape index (κ1) is 19.2. The average Bonchev–Trinajstić information content (AvgIpc) is 2.90. The quantitative estimate of drug-likeness (QED) is 0.549. The summed E-state index contributed by atoms with van der Waals surface area (Å²) in [7, 11) is 6.09. The maximum absolute atomic E-state index is 5.29. The fourth-order valence-electron chi connectivity index (χ4n) is 3.01. The molecule has 0 spiro atoms. The van der Waals surface area contributed by atoms with Crippen molar-refractivity contribution >= 4 is 5.96 Å². The van der Waals surface area contributed by atoms with Crippen molar-refractivity contribution < 1.29 is 4.74 Å². The molecule has 5 heteroatoms. The van der Waals surface area contributed by atoms with Gasteiger partial charge in [-0.2, -0.15) is 0 Å². The largest absolute Gasteiger partial charge is 0.384 e. The molecular formula is C17H36N4O. The van der Waals surface area contributed by atoms with Crippen LogP contribution in [-0.2, 0) is 4.74 Å². The Morgan fingerprint density at radius 3 is 2.68 bits per heavy atom. The molecule has 0 bridgehead atoms. The van der Waals surface area contributed by atoms with Gasteiger partial charge in [-0.1, -0.05) is 13.8 Å². The molecule has 2 atom stereocenters. The highest BCUT2D eigenvalue weighted by atomic mass is 16.5. The van der Waals surface area contributed by atoms with Gasteiger partial charge in [0.25, 0.3) is 0 Å². The lowest BCUT2D eigenvalue weighted by atomic mass is 10.0. The van der Waals surface area contributed by atoms with Gasteiger partial charge in [0.15, 0.2) is 5.96 Å². The summed E-state index contributed by atoms with van der Waals surface area (Å²) in [6.07, 6.45) is 2.38. The minimum Gasteiger partial charge on any atom is -0.384 e. The van der Waals surface area contributed by atoms with E-state index in [1.807, 2.05) is 0 Å². The first-order chi connectivity index (χ1) is 10.5. The zero-order valence-electron chi connectivity index (χ0n) is 15.4. The van der Waals surface area contributed by atoms with E-state index in [0.717, 1.165) is 38.7 Å². The fourth-order valence-corrected chi connectivity index (χ4v) is 3.01. The summed E-state index contributed by atoms with van der Waals surface area (Å²) in [4.78, 5) is 9.59. The van der Waals surface area contributed by atoms with Crippen LogP contribution in [0.1, 0.15) is 33.6 Å². The van der Waals surface area contributed by atoms with E-state index >= 15 is 0 Å². The van der Waals surface area contributed by atoms with Gasteiger partial charge >= 0.3 is 0 Å². The number of aliphatic imine (C=N–C) groups is 1. The lowest BCUT2D eigenvalue weighted by Crippen LogP contribution is -2.41. The Morgan fingerprint density at radius 1 is 1.41 bits per heavy atom. The second-order valence-electron chi connectivity index (χ2n) is 7.00. The maximum Gasteiger partial charge on any atom is 0.193 e. The van der Waals surface area contributed by atoms with Gasteiger partial charge in [-0.05, 0) is 39.8 Å². The van der Waals surface area contributed by atoms with Gasteiger partial charge < -0.3 is 19.9 Å². The third kappa shape index (κ3) is 6.53. The predicted octanol–water partition coefficient (Wildman–Crippen LogP) is 1.90. The van der Waals surface area contributed by atoms with Crippen LogP contribution in [0, 0.1) is 11.8 Å². The predicted molar refractivity (Wildman–Crippen MR) is 94.5 cm³/mol. The van der Waals surface area contributed by atoms with Crippen molar-refractivity contribution in [2.75, 3.05) is 54.0 Å². The molecule has 0 saturated carbocycles. The summed E-state index contributed by atoms with van der Waals surface area (Å²) >= 11 is 0. The molecule has 0 aliphatic carbocycles. The normalized spacial score (nSPS) is 21.0. The van der Waals surface area contributed by atoms with Crippen molar-refractivity contribution in [3.63, 3.8) is 0 Å². The molecule has 1 N–H and O–H groups in total. The molecule has 0 aromatic heterocycles. The second-order valence-corrected chi connectivity index (χ2v) is 7.00. The van der Waals surface area contributed by atoms with Crippen LogP contribution in [0.15, 0.2) is 4.99 Å². The molecule has 1 aliphatic rings.